The van der Waals surface area contributed by atoms with Crippen molar-refractivity contribution < 1.29 is 9.53 Å². The van der Waals surface area contributed by atoms with Crippen molar-refractivity contribution in [3.8, 4) is 5.75 Å². The molecule has 6 heteroatoms. The van der Waals surface area contributed by atoms with Gasteiger partial charge in [-0.1, -0.05) is 6.08 Å². The molecule has 0 radical (unpaired) electrons. The fourth-order valence-corrected chi connectivity index (χ4v) is 2.76. The normalized spacial score (nSPS) is 18.7. The number of carbonyl (C=O) groups excluding carboxylic acids is 1. The van der Waals surface area contributed by atoms with Gasteiger partial charge in [-0.15, -0.1) is 6.58 Å². The number of nitrogens with two attached hydrogens (primary N) is 2. The fourth-order valence-electron chi connectivity index (χ4n) is 2.76. The molecule has 6 nitrogen and oxygen atoms in total. The van der Waals surface area contributed by atoms with Crippen molar-refractivity contribution in [1.29, 1.82) is 0 Å². The summed E-state index contributed by atoms with van der Waals surface area (Å²) >= 11 is 0. The molecule has 2 rings (SSSR count). The molecule has 0 spiro atoms. The van der Waals surface area contributed by atoms with Crippen molar-refractivity contribution in [1.82, 2.24) is 10.6 Å². The molecule has 1 aliphatic rings. The molecule has 22 heavy (non-hydrogen) atoms. The Kier molecular flexibility index (Phi) is 5.27. The van der Waals surface area contributed by atoms with Gasteiger partial charge in [0.05, 0.1) is 24.0 Å². The number of carbonyl (C=O) groups is 1. The molecule has 0 aliphatic carbocycles. The summed E-state index contributed by atoms with van der Waals surface area (Å²) in [7, 11) is 1.50. The lowest BCUT2D eigenvalue weighted by Gasteiger charge is -2.24. The van der Waals surface area contributed by atoms with Crippen LogP contribution < -0.4 is 26.8 Å². The minimum Gasteiger partial charge on any atom is -0.496 e. The van der Waals surface area contributed by atoms with Crippen LogP contribution in [0.25, 0.3) is 0 Å². The number of hydrogen-bond acceptors (Lipinski definition) is 5. The van der Waals surface area contributed by atoms with Crippen molar-refractivity contribution in [3.05, 3.63) is 30.4 Å². The van der Waals surface area contributed by atoms with Gasteiger partial charge < -0.3 is 26.8 Å². The summed E-state index contributed by atoms with van der Waals surface area (Å²) in [5, 5.41) is 6.46. The predicted octanol–water partition coefficient (Wildman–Crippen LogP) is 1.29. The summed E-state index contributed by atoms with van der Waals surface area (Å²) in [6, 6.07) is 3.38. The highest BCUT2D eigenvalue weighted by molar-refractivity contribution is 5.99. The van der Waals surface area contributed by atoms with Gasteiger partial charge in [0.1, 0.15) is 5.75 Å². The smallest absolute Gasteiger partial charge is 0.255 e. The van der Waals surface area contributed by atoms with Gasteiger partial charge in [0, 0.05) is 18.2 Å². The van der Waals surface area contributed by atoms with Crippen molar-refractivity contribution >= 4 is 17.3 Å². The minimum atomic E-state index is -0.218. The van der Waals surface area contributed by atoms with Crippen LogP contribution in [-0.4, -0.2) is 31.6 Å². The zero-order valence-corrected chi connectivity index (χ0v) is 12.9. The molecule has 1 aliphatic heterocycles. The zero-order chi connectivity index (χ0) is 16.1. The molecule has 0 saturated carbocycles. The zero-order valence-electron chi connectivity index (χ0n) is 12.9. The largest absolute Gasteiger partial charge is 0.496 e. The van der Waals surface area contributed by atoms with Crippen LogP contribution in [0.15, 0.2) is 24.8 Å². The third-order valence-corrected chi connectivity index (χ3v) is 3.97. The lowest BCUT2D eigenvalue weighted by molar-refractivity contribution is 0.0926. The third-order valence-electron chi connectivity index (χ3n) is 3.97. The number of anilines is 2. The summed E-state index contributed by atoms with van der Waals surface area (Å²) in [4.78, 5) is 12.6. The van der Waals surface area contributed by atoms with Crippen LogP contribution in [0.4, 0.5) is 11.4 Å². The van der Waals surface area contributed by atoms with E-state index in [-0.39, 0.29) is 18.0 Å². The second-order valence-electron chi connectivity index (χ2n) is 5.49. The Morgan fingerprint density at radius 2 is 2.27 bits per heavy atom. The second-order valence-corrected chi connectivity index (χ2v) is 5.49. The van der Waals surface area contributed by atoms with Crippen LogP contribution in [0.3, 0.4) is 0 Å². The molecule has 1 fully saturated rings. The molecule has 2 atom stereocenters. The maximum atomic E-state index is 12.6. The first-order chi connectivity index (χ1) is 10.6. The summed E-state index contributed by atoms with van der Waals surface area (Å²) in [5.74, 6) is 0.199. The number of ether oxygens (including phenoxy) is 1. The Labute approximate surface area is 130 Å². The van der Waals surface area contributed by atoms with E-state index in [1.54, 1.807) is 12.1 Å². The summed E-state index contributed by atoms with van der Waals surface area (Å²) in [5.41, 5.74) is 12.7. The van der Waals surface area contributed by atoms with Crippen molar-refractivity contribution in [2.24, 2.45) is 0 Å². The van der Waals surface area contributed by atoms with Gasteiger partial charge in [0.25, 0.3) is 5.91 Å². The van der Waals surface area contributed by atoms with Gasteiger partial charge in [-0.05, 0) is 31.9 Å². The van der Waals surface area contributed by atoms with E-state index in [0.717, 1.165) is 19.4 Å². The van der Waals surface area contributed by atoms with Crippen LogP contribution in [0, 0.1) is 0 Å². The van der Waals surface area contributed by atoms with Crippen molar-refractivity contribution in [2.45, 2.75) is 31.3 Å². The van der Waals surface area contributed by atoms with Crippen LogP contribution in [0.2, 0.25) is 0 Å². The molecular weight excluding hydrogens is 280 g/mol. The Hall–Kier alpha value is -2.21. The molecule has 6 N–H and O–H groups in total. The van der Waals surface area contributed by atoms with E-state index >= 15 is 0 Å². The van der Waals surface area contributed by atoms with E-state index in [2.05, 4.69) is 17.2 Å². The topological polar surface area (TPSA) is 102 Å². The van der Waals surface area contributed by atoms with E-state index in [9.17, 15) is 4.79 Å². The van der Waals surface area contributed by atoms with Crippen LogP contribution in [0.5, 0.6) is 5.75 Å². The van der Waals surface area contributed by atoms with Crippen LogP contribution in [0.1, 0.15) is 29.6 Å². The third kappa shape index (κ3) is 3.51. The SMILES string of the molecule is C=CCC(NC(=O)c1cc(N)c(N)cc1OC)C1CCCN1. The average Bonchev–Trinajstić information content (AvgIpc) is 3.03. The number of methoxy groups -OCH3 is 1. The van der Waals surface area contributed by atoms with E-state index < -0.39 is 0 Å². The van der Waals surface area contributed by atoms with Gasteiger partial charge in [-0.25, -0.2) is 0 Å². The summed E-state index contributed by atoms with van der Waals surface area (Å²) in [6.07, 6.45) is 4.68. The van der Waals surface area contributed by atoms with Gasteiger partial charge in [-0.3, -0.25) is 4.79 Å². The molecule has 0 aromatic heterocycles. The highest BCUT2D eigenvalue weighted by atomic mass is 16.5. The maximum Gasteiger partial charge on any atom is 0.255 e. The summed E-state index contributed by atoms with van der Waals surface area (Å²) in [6.45, 7) is 4.75. The fraction of sp³-hybridized carbons (Fsp3) is 0.438. The van der Waals surface area contributed by atoms with Gasteiger partial charge >= 0.3 is 0 Å². The number of benzene rings is 1. The van der Waals surface area contributed by atoms with E-state index in [0.29, 0.717) is 29.1 Å². The van der Waals surface area contributed by atoms with Gasteiger partial charge in [0.15, 0.2) is 0 Å². The monoisotopic (exact) mass is 304 g/mol. The molecule has 1 aromatic carbocycles. The lowest BCUT2D eigenvalue weighted by atomic mass is 10.0. The Morgan fingerprint density at radius 3 is 2.86 bits per heavy atom. The van der Waals surface area contributed by atoms with Crippen molar-refractivity contribution in [3.63, 3.8) is 0 Å². The van der Waals surface area contributed by atoms with Crippen LogP contribution >= 0.6 is 0 Å². The molecule has 2 unspecified atom stereocenters. The quantitative estimate of drug-likeness (QED) is 0.468. The number of amides is 1. The number of rotatable bonds is 6. The van der Waals surface area contributed by atoms with Gasteiger partial charge in [-0.2, -0.15) is 0 Å². The highest BCUT2D eigenvalue weighted by Crippen LogP contribution is 2.27. The highest BCUT2D eigenvalue weighted by Gasteiger charge is 2.26. The second kappa shape index (κ2) is 7.17. The molecule has 120 valence electrons. The van der Waals surface area contributed by atoms with E-state index in [1.807, 2.05) is 6.08 Å². The van der Waals surface area contributed by atoms with Crippen LogP contribution in [-0.2, 0) is 0 Å². The van der Waals surface area contributed by atoms with Crippen molar-refractivity contribution in [2.75, 3.05) is 25.1 Å². The van der Waals surface area contributed by atoms with Gasteiger partial charge in [0.2, 0.25) is 0 Å². The van der Waals surface area contributed by atoms with E-state index in [4.69, 9.17) is 16.2 Å². The molecular formula is C16H24N4O2. The molecule has 0 bridgehead atoms. The first-order valence-corrected chi connectivity index (χ1v) is 7.45. The Bertz CT molecular complexity index is 553. The Balaban J connectivity index is 2.19. The molecule has 1 heterocycles. The first kappa shape index (κ1) is 16.2. The minimum absolute atomic E-state index is 0.00372. The number of hydrogen-bond donors (Lipinski definition) is 4. The maximum absolute atomic E-state index is 12.6. The first-order valence-electron chi connectivity index (χ1n) is 7.45. The lowest BCUT2D eigenvalue weighted by Crippen LogP contribution is -2.47. The Morgan fingerprint density at radius 1 is 1.55 bits per heavy atom. The molecule has 1 saturated heterocycles. The molecule has 1 aromatic rings. The molecule has 1 amide bonds. The summed E-state index contributed by atoms with van der Waals surface area (Å²) < 4.78 is 5.24. The number of nitrogens with one attached hydrogen (secondary N) is 2. The standard InChI is InChI=1S/C16H24N4O2/c1-3-5-14(13-6-4-7-19-13)20-16(21)10-8-11(17)12(18)9-15(10)22-2/h3,8-9,13-14,19H,1,4-7,17-18H2,2H3,(H,20,21). The van der Waals surface area contributed by atoms with E-state index in [1.165, 1.54) is 7.11 Å². The predicted molar refractivity (Wildman–Crippen MR) is 88.9 cm³/mol. The number of nitrogen functional groups attached to an aromatic ring is 2. The average molecular weight is 304 g/mol.